The topological polar surface area (TPSA) is 93.9 Å². The fourth-order valence-corrected chi connectivity index (χ4v) is 1.58. The van der Waals surface area contributed by atoms with Crippen molar-refractivity contribution >= 4 is 5.69 Å². The predicted molar refractivity (Wildman–Crippen MR) is 73.9 cm³/mol. The van der Waals surface area contributed by atoms with Gasteiger partial charge in [-0.2, -0.15) is 0 Å². The van der Waals surface area contributed by atoms with E-state index in [0.29, 0.717) is 6.54 Å². The molecule has 0 spiro atoms. The van der Waals surface area contributed by atoms with E-state index < -0.39 is 4.92 Å². The average molecular weight is 284 g/mol. The minimum Gasteiger partial charge on any atom is -0.484 e. The number of ether oxygens (including phenoxy) is 2. The molecule has 0 saturated carbocycles. The third-order valence-electron chi connectivity index (χ3n) is 2.52. The summed E-state index contributed by atoms with van der Waals surface area (Å²) in [7, 11) is 0. The SMILES string of the molecule is CCNCc1ccc(OCCOCCO)c([N+](=O)[O-])c1. The van der Waals surface area contributed by atoms with E-state index >= 15 is 0 Å². The maximum atomic E-state index is 11.0. The summed E-state index contributed by atoms with van der Waals surface area (Å²) in [5.74, 6) is 0.225. The molecule has 0 radical (unpaired) electrons. The van der Waals surface area contributed by atoms with Crippen LogP contribution in [0.1, 0.15) is 12.5 Å². The molecule has 1 rings (SSSR count). The third kappa shape index (κ3) is 5.52. The second kappa shape index (κ2) is 9.24. The van der Waals surface area contributed by atoms with Gasteiger partial charge in [0.1, 0.15) is 6.61 Å². The van der Waals surface area contributed by atoms with Crippen LogP contribution in [0.2, 0.25) is 0 Å². The maximum absolute atomic E-state index is 11.0. The Hall–Kier alpha value is -1.70. The number of nitro benzene ring substituents is 1. The van der Waals surface area contributed by atoms with Gasteiger partial charge < -0.3 is 19.9 Å². The molecule has 0 heterocycles. The van der Waals surface area contributed by atoms with Crippen molar-refractivity contribution in [1.82, 2.24) is 5.32 Å². The lowest BCUT2D eigenvalue weighted by Gasteiger charge is -2.09. The van der Waals surface area contributed by atoms with E-state index in [4.69, 9.17) is 14.6 Å². The van der Waals surface area contributed by atoms with Crippen molar-refractivity contribution in [3.05, 3.63) is 33.9 Å². The third-order valence-corrected chi connectivity index (χ3v) is 2.52. The normalized spacial score (nSPS) is 10.5. The number of hydrogen-bond donors (Lipinski definition) is 2. The fourth-order valence-electron chi connectivity index (χ4n) is 1.58. The van der Waals surface area contributed by atoms with E-state index in [-0.39, 0.29) is 37.9 Å². The van der Waals surface area contributed by atoms with E-state index in [9.17, 15) is 10.1 Å². The van der Waals surface area contributed by atoms with Crippen molar-refractivity contribution in [3.63, 3.8) is 0 Å². The molecule has 0 aliphatic heterocycles. The number of nitrogens with one attached hydrogen (secondary N) is 1. The Morgan fingerprint density at radius 1 is 1.35 bits per heavy atom. The number of nitrogens with zero attached hydrogens (tertiary/aromatic N) is 1. The Labute approximate surface area is 117 Å². The molecule has 0 aromatic heterocycles. The van der Waals surface area contributed by atoms with Crippen LogP contribution in [0.15, 0.2) is 18.2 Å². The van der Waals surface area contributed by atoms with Crippen LogP contribution in [0.25, 0.3) is 0 Å². The van der Waals surface area contributed by atoms with Gasteiger partial charge in [0.05, 0.1) is 24.7 Å². The van der Waals surface area contributed by atoms with E-state index in [1.807, 2.05) is 6.92 Å². The van der Waals surface area contributed by atoms with Crippen LogP contribution in [-0.2, 0) is 11.3 Å². The van der Waals surface area contributed by atoms with Crippen molar-refractivity contribution in [2.75, 3.05) is 33.0 Å². The van der Waals surface area contributed by atoms with Crippen molar-refractivity contribution < 1.29 is 19.5 Å². The first-order valence-electron chi connectivity index (χ1n) is 6.48. The second-order valence-corrected chi connectivity index (χ2v) is 4.02. The molecule has 0 bridgehead atoms. The molecule has 112 valence electrons. The van der Waals surface area contributed by atoms with Gasteiger partial charge in [0.2, 0.25) is 0 Å². The number of benzene rings is 1. The van der Waals surface area contributed by atoms with E-state index in [1.54, 1.807) is 12.1 Å². The minimum atomic E-state index is -0.459. The monoisotopic (exact) mass is 284 g/mol. The van der Waals surface area contributed by atoms with Crippen LogP contribution in [0.5, 0.6) is 5.75 Å². The molecule has 2 N–H and O–H groups in total. The Bertz CT molecular complexity index is 425. The lowest BCUT2D eigenvalue weighted by Crippen LogP contribution is -2.12. The van der Waals surface area contributed by atoms with Gasteiger partial charge in [-0.3, -0.25) is 10.1 Å². The highest BCUT2D eigenvalue weighted by molar-refractivity contribution is 5.48. The van der Waals surface area contributed by atoms with Gasteiger partial charge in [-0.05, 0) is 18.2 Å². The molecule has 0 fully saturated rings. The van der Waals surface area contributed by atoms with E-state index in [1.165, 1.54) is 6.07 Å². The Morgan fingerprint density at radius 3 is 2.80 bits per heavy atom. The maximum Gasteiger partial charge on any atom is 0.311 e. The minimum absolute atomic E-state index is 0.0532. The number of aliphatic hydroxyl groups is 1. The smallest absolute Gasteiger partial charge is 0.311 e. The summed E-state index contributed by atoms with van der Waals surface area (Å²) in [6, 6.07) is 4.89. The largest absolute Gasteiger partial charge is 0.484 e. The van der Waals surface area contributed by atoms with Gasteiger partial charge in [-0.15, -0.1) is 0 Å². The highest BCUT2D eigenvalue weighted by atomic mass is 16.6. The molecule has 0 atom stereocenters. The molecular formula is C13H20N2O5. The van der Waals surface area contributed by atoms with Gasteiger partial charge in [-0.1, -0.05) is 13.0 Å². The lowest BCUT2D eigenvalue weighted by atomic mass is 10.2. The average Bonchev–Trinajstić information content (AvgIpc) is 2.45. The molecule has 0 aliphatic carbocycles. The fraction of sp³-hybridized carbons (Fsp3) is 0.538. The number of hydrogen-bond acceptors (Lipinski definition) is 6. The molecule has 0 saturated heterocycles. The van der Waals surface area contributed by atoms with Crippen LogP contribution in [0.3, 0.4) is 0 Å². The number of nitro groups is 1. The molecule has 7 heteroatoms. The summed E-state index contributed by atoms with van der Waals surface area (Å²) in [5.41, 5.74) is 0.782. The van der Waals surface area contributed by atoms with Crippen LogP contribution in [-0.4, -0.2) is 43.0 Å². The lowest BCUT2D eigenvalue weighted by molar-refractivity contribution is -0.386. The Kier molecular flexibility index (Phi) is 7.56. The molecule has 0 aliphatic rings. The Morgan fingerprint density at radius 2 is 2.15 bits per heavy atom. The highest BCUT2D eigenvalue weighted by Crippen LogP contribution is 2.27. The zero-order chi connectivity index (χ0) is 14.8. The van der Waals surface area contributed by atoms with Gasteiger partial charge >= 0.3 is 5.69 Å². The predicted octanol–water partition coefficient (Wildman–Crippen LogP) is 1.09. The second-order valence-electron chi connectivity index (χ2n) is 4.02. The summed E-state index contributed by atoms with van der Waals surface area (Å²) < 4.78 is 10.4. The molecule has 7 nitrogen and oxygen atoms in total. The molecule has 20 heavy (non-hydrogen) atoms. The molecule has 1 aromatic rings. The van der Waals surface area contributed by atoms with E-state index in [0.717, 1.165) is 12.1 Å². The summed E-state index contributed by atoms with van der Waals surface area (Å²) in [6.45, 7) is 4.00. The first kappa shape index (κ1) is 16.4. The van der Waals surface area contributed by atoms with Gasteiger partial charge in [0.15, 0.2) is 5.75 Å². The van der Waals surface area contributed by atoms with E-state index in [2.05, 4.69) is 5.32 Å². The first-order chi connectivity index (χ1) is 9.69. The van der Waals surface area contributed by atoms with Crippen LogP contribution < -0.4 is 10.1 Å². The van der Waals surface area contributed by atoms with Gasteiger partial charge in [-0.25, -0.2) is 0 Å². The highest BCUT2D eigenvalue weighted by Gasteiger charge is 2.15. The number of aliphatic hydroxyl groups excluding tert-OH is 1. The standard InChI is InChI=1S/C13H20N2O5/c1-2-14-10-11-3-4-13(12(9-11)15(17)18)20-8-7-19-6-5-16/h3-4,9,14,16H,2,5-8,10H2,1H3. The molecule has 0 amide bonds. The zero-order valence-corrected chi connectivity index (χ0v) is 11.5. The molecular weight excluding hydrogens is 264 g/mol. The van der Waals surface area contributed by atoms with Gasteiger partial charge in [0.25, 0.3) is 0 Å². The first-order valence-corrected chi connectivity index (χ1v) is 6.48. The summed E-state index contributed by atoms with van der Waals surface area (Å²) in [5, 5.41) is 22.7. The molecule has 1 aromatic carbocycles. The van der Waals surface area contributed by atoms with Crippen LogP contribution >= 0.6 is 0 Å². The van der Waals surface area contributed by atoms with Crippen molar-refractivity contribution in [1.29, 1.82) is 0 Å². The zero-order valence-electron chi connectivity index (χ0n) is 11.5. The number of rotatable bonds is 10. The summed E-state index contributed by atoms with van der Waals surface area (Å²) >= 11 is 0. The van der Waals surface area contributed by atoms with Crippen molar-refractivity contribution in [2.45, 2.75) is 13.5 Å². The van der Waals surface area contributed by atoms with Gasteiger partial charge in [0, 0.05) is 12.6 Å². The Balaban J connectivity index is 2.62. The van der Waals surface area contributed by atoms with Crippen molar-refractivity contribution in [3.8, 4) is 5.75 Å². The van der Waals surface area contributed by atoms with Crippen molar-refractivity contribution in [2.24, 2.45) is 0 Å². The van der Waals surface area contributed by atoms with Crippen LogP contribution in [0.4, 0.5) is 5.69 Å². The quantitative estimate of drug-likeness (QED) is 0.379. The summed E-state index contributed by atoms with van der Waals surface area (Å²) in [6.07, 6.45) is 0. The summed E-state index contributed by atoms with van der Waals surface area (Å²) in [4.78, 5) is 10.6. The van der Waals surface area contributed by atoms with Crippen LogP contribution in [0, 0.1) is 10.1 Å². The molecule has 0 unspecified atom stereocenters.